The molecule has 2 aromatic heterocycles. The molecule has 1 saturated carbocycles. The van der Waals surface area contributed by atoms with Crippen molar-refractivity contribution in [2.24, 2.45) is 5.92 Å². The van der Waals surface area contributed by atoms with E-state index in [2.05, 4.69) is 29.5 Å². The molecule has 1 aromatic carbocycles. The highest BCUT2D eigenvalue weighted by Gasteiger charge is 2.22. The lowest BCUT2D eigenvalue weighted by Gasteiger charge is -2.23. The second-order valence-corrected chi connectivity index (χ2v) is 9.68. The Hall–Kier alpha value is -3.35. The number of hydrogen-bond acceptors (Lipinski definition) is 3. The van der Waals surface area contributed by atoms with Crippen molar-refractivity contribution in [3.05, 3.63) is 69.8 Å². The first-order valence-corrected chi connectivity index (χ1v) is 12.3. The molecule has 3 aromatic rings. The maximum absolute atomic E-state index is 13.2. The molecule has 7 heteroatoms. The second kappa shape index (κ2) is 10.7. The van der Waals surface area contributed by atoms with Gasteiger partial charge in [-0.05, 0) is 36.8 Å². The number of pyridine rings is 1. The lowest BCUT2D eigenvalue weighted by Crippen LogP contribution is -2.40. The average Bonchev–Trinajstić information content (AvgIpc) is 3.23. The quantitative estimate of drug-likeness (QED) is 0.472. The standard InChI is InChI=1S/C27H34N4O3/c1-18(2)15-31-16-22(25(32)23(17-31)27(34)30-20-8-4-3-5-9-20)26(33)28-13-12-19-14-29-24-11-7-6-10-21(19)24/h6-7,10-11,14,16-18,20,29H,3-5,8-9,12-13,15H2,1-2H3,(H,28,33)(H,30,34). The number of para-hydroxylation sites is 1. The Bertz CT molecular complexity index is 1220. The van der Waals surface area contributed by atoms with Gasteiger partial charge in [-0.1, -0.05) is 51.3 Å². The van der Waals surface area contributed by atoms with Gasteiger partial charge in [-0.25, -0.2) is 0 Å². The molecule has 2 heterocycles. The van der Waals surface area contributed by atoms with E-state index in [-0.39, 0.29) is 23.1 Å². The molecular weight excluding hydrogens is 428 g/mol. The minimum absolute atomic E-state index is 0.0101. The maximum atomic E-state index is 13.2. The molecule has 34 heavy (non-hydrogen) atoms. The number of aromatic amines is 1. The predicted molar refractivity (Wildman–Crippen MR) is 134 cm³/mol. The van der Waals surface area contributed by atoms with Crippen LogP contribution in [-0.2, 0) is 13.0 Å². The van der Waals surface area contributed by atoms with E-state index in [4.69, 9.17) is 0 Å². The predicted octanol–water partition coefficient (Wildman–Crippen LogP) is 4.02. The lowest BCUT2D eigenvalue weighted by atomic mass is 9.95. The Morgan fingerprint density at radius 3 is 2.50 bits per heavy atom. The van der Waals surface area contributed by atoms with Crippen LogP contribution in [0.1, 0.15) is 72.2 Å². The van der Waals surface area contributed by atoms with E-state index in [0.717, 1.165) is 42.1 Å². The SMILES string of the molecule is CC(C)Cn1cc(C(=O)NCCc2c[nH]c3ccccc23)c(=O)c(C(=O)NC2CCCCC2)c1. The summed E-state index contributed by atoms with van der Waals surface area (Å²) in [6.45, 7) is 5.12. The summed E-state index contributed by atoms with van der Waals surface area (Å²) in [7, 11) is 0. The molecule has 1 fully saturated rings. The molecule has 0 bridgehead atoms. The Morgan fingerprint density at radius 2 is 1.76 bits per heavy atom. The summed E-state index contributed by atoms with van der Waals surface area (Å²) in [4.78, 5) is 42.4. The number of nitrogens with zero attached hydrogens (tertiary/aromatic N) is 1. The van der Waals surface area contributed by atoms with Crippen LogP contribution in [0.3, 0.4) is 0 Å². The Kier molecular flexibility index (Phi) is 7.50. The van der Waals surface area contributed by atoms with Crippen LogP contribution in [0.15, 0.2) is 47.7 Å². The van der Waals surface area contributed by atoms with Gasteiger partial charge in [0.2, 0.25) is 5.43 Å². The van der Waals surface area contributed by atoms with Crippen molar-refractivity contribution in [3.8, 4) is 0 Å². The third-order valence-electron chi connectivity index (χ3n) is 6.44. The number of carbonyl (C=O) groups excluding carboxylic acids is 2. The average molecular weight is 463 g/mol. The lowest BCUT2D eigenvalue weighted by molar-refractivity contribution is 0.0925. The van der Waals surface area contributed by atoms with Crippen LogP contribution in [0, 0.1) is 5.92 Å². The molecule has 2 amide bonds. The van der Waals surface area contributed by atoms with Gasteiger partial charge in [0.05, 0.1) is 0 Å². The second-order valence-electron chi connectivity index (χ2n) is 9.68. The topological polar surface area (TPSA) is 96.0 Å². The van der Waals surface area contributed by atoms with Crippen LogP contribution in [0.5, 0.6) is 0 Å². The Morgan fingerprint density at radius 1 is 1.06 bits per heavy atom. The van der Waals surface area contributed by atoms with Gasteiger partial charge in [-0.3, -0.25) is 14.4 Å². The largest absolute Gasteiger partial charge is 0.361 e. The third kappa shape index (κ3) is 5.58. The van der Waals surface area contributed by atoms with Gasteiger partial charge in [0.1, 0.15) is 11.1 Å². The van der Waals surface area contributed by atoms with Crippen LogP contribution < -0.4 is 16.1 Å². The monoisotopic (exact) mass is 462 g/mol. The van der Waals surface area contributed by atoms with Crippen LogP contribution in [0.2, 0.25) is 0 Å². The first-order valence-electron chi connectivity index (χ1n) is 12.3. The van der Waals surface area contributed by atoms with Gasteiger partial charge in [-0.2, -0.15) is 0 Å². The molecule has 0 saturated heterocycles. The minimum atomic E-state index is -0.516. The van der Waals surface area contributed by atoms with Gasteiger partial charge in [0.15, 0.2) is 0 Å². The van der Waals surface area contributed by atoms with Gasteiger partial charge >= 0.3 is 0 Å². The first kappa shape index (κ1) is 23.8. The number of H-pyrrole nitrogens is 1. The van der Waals surface area contributed by atoms with E-state index in [0.29, 0.717) is 25.4 Å². The number of aromatic nitrogens is 2. The third-order valence-corrected chi connectivity index (χ3v) is 6.44. The van der Waals surface area contributed by atoms with Crippen molar-refractivity contribution < 1.29 is 9.59 Å². The summed E-state index contributed by atoms with van der Waals surface area (Å²) in [5, 5.41) is 7.01. The highest BCUT2D eigenvalue weighted by atomic mass is 16.2. The van der Waals surface area contributed by atoms with Crippen molar-refractivity contribution in [2.45, 2.75) is 65.0 Å². The summed E-state index contributed by atoms with van der Waals surface area (Å²) >= 11 is 0. The zero-order valence-electron chi connectivity index (χ0n) is 20.0. The summed E-state index contributed by atoms with van der Waals surface area (Å²) in [5.74, 6) is -0.535. The normalized spacial score (nSPS) is 14.4. The van der Waals surface area contributed by atoms with E-state index < -0.39 is 11.3 Å². The van der Waals surface area contributed by atoms with Gasteiger partial charge in [-0.15, -0.1) is 0 Å². The molecule has 3 N–H and O–H groups in total. The molecule has 1 aliphatic carbocycles. The fourth-order valence-electron chi connectivity index (χ4n) is 4.74. The zero-order valence-corrected chi connectivity index (χ0v) is 20.0. The van der Waals surface area contributed by atoms with Gasteiger partial charge in [0.25, 0.3) is 11.8 Å². The van der Waals surface area contributed by atoms with Crippen molar-refractivity contribution in [1.29, 1.82) is 0 Å². The van der Waals surface area contributed by atoms with E-state index in [1.807, 2.05) is 30.5 Å². The number of hydrogen-bond donors (Lipinski definition) is 3. The molecule has 7 nitrogen and oxygen atoms in total. The Labute approximate surface area is 199 Å². The molecule has 1 aliphatic rings. The molecule has 180 valence electrons. The molecule has 0 spiro atoms. The Balaban J connectivity index is 1.50. The molecule has 0 unspecified atom stereocenters. The maximum Gasteiger partial charge on any atom is 0.256 e. The number of rotatable bonds is 8. The summed E-state index contributed by atoms with van der Waals surface area (Å²) in [6, 6.07) is 8.11. The summed E-state index contributed by atoms with van der Waals surface area (Å²) in [5.41, 5.74) is 1.69. The van der Waals surface area contributed by atoms with Crippen molar-refractivity contribution in [3.63, 3.8) is 0 Å². The van der Waals surface area contributed by atoms with Crippen molar-refractivity contribution in [2.75, 3.05) is 6.54 Å². The van der Waals surface area contributed by atoms with Crippen LogP contribution in [0.25, 0.3) is 10.9 Å². The van der Waals surface area contributed by atoms with Crippen molar-refractivity contribution in [1.82, 2.24) is 20.2 Å². The van der Waals surface area contributed by atoms with E-state index in [1.165, 1.54) is 6.42 Å². The number of benzene rings is 1. The number of carbonyl (C=O) groups is 2. The van der Waals surface area contributed by atoms with Gasteiger partial charge < -0.3 is 20.2 Å². The fraction of sp³-hybridized carbons (Fsp3) is 0.444. The van der Waals surface area contributed by atoms with Crippen LogP contribution >= 0.6 is 0 Å². The highest BCUT2D eigenvalue weighted by Crippen LogP contribution is 2.18. The minimum Gasteiger partial charge on any atom is -0.361 e. The van der Waals surface area contributed by atoms with Crippen LogP contribution in [0.4, 0.5) is 0 Å². The van der Waals surface area contributed by atoms with E-state index >= 15 is 0 Å². The molecule has 0 atom stereocenters. The highest BCUT2D eigenvalue weighted by molar-refractivity contribution is 5.99. The number of fused-ring (bicyclic) bond motifs is 1. The van der Waals surface area contributed by atoms with Gasteiger partial charge in [0, 0.05) is 48.6 Å². The molecule has 0 radical (unpaired) electrons. The summed E-state index contributed by atoms with van der Waals surface area (Å²) < 4.78 is 1.79. The molecule has 4 rings (SSSR count). The summed E-state index contributed by atoms with van der Waals surface area (Å²) in [6.07, 6.45) is 11.0. The smallest absolute Gasteiger partial charge is 0.256 e. The number of nitrogens with one attached hydrogen (secondary N) is 3. The fourth-order valence-corrected chi connectivity index (χ4v) is 4.74. The first-order chi connectivity index (χ1) is 16.4. The zero-order chi connectivity index (χ0) is 24.1. The number of amides is 2. The van der Waals surface area contributed by atoms with Crippen molar-refractivity contribution >= 4 is 22.7 Å². The van der Waals surface area contributed by atoms with E-state index in [1.54, 1.807) is 17.0 Å². The van der Waals surface area contributed by atoms with Crippen LogP contribution in [-0.4, -0.2) is 34.0 Å². The molecular formula is C27H34N4O3. The molecule has 0 aliphatic heterocycles. The van der Waals surface area contributed by atoms with E-state index in [9.17, 15) is 14.4 Å².